The third-order valence-electron chi connectivity index (χ3n) is 13.4. The first kappa shape index (κ1) is 32.1. The highest BCUT2D eigenvalue weighted by atomic mass is 15.1. The molecule has 0 unspecified atom stereocenters. The molecule has 9 rings (SSSR count). The van der Waals surface area contributed by atoms with Gasteiger partial charge >= 0.3 is 0 Å². The minimum atomic E-state index is -0.0488. The lowest BCUT2D eigenvalue weighted by molar-refractivity contribution is 0.443. The molecule has 4 aliphatic rings. The van der Waals surface area contributed by atoms with Crippen LogP contribution in [-0.2, 0) is 5.41 Å². The Labute approximate surface area is 301 Å². The third kappa shape index (κ3) is 5.70. The SMILES string of the molecule is CC1(C)c2cc(C3CCCCC3)ccc2-c2ccc(N(c3ccc(C4CCCCC4)cc3)c3c(C4CCCCC4)ccc4ccccc34)cc21. The van der Waals surface area contributed by atoms with Crippen LogP contribution in [0.25, 0.3) is 21.9 Å². The number of fused-ring (bicyclic) bond motifs is 4. The zero-order valence-corrected chi connectivity index (χ0v) is 30.5. The van der Waals surface area contributed by atoms with Gasteiger partial charge in [0, 0.05) is 22.2 Å². The van der Waals surface area contributed by atoms with Crippen molar-refractivity contribution in [3.8, 4) is 11.1 Å². The van der Waals surface area contributed by atoms with E-state index < -0.39 is 0 Å². The van der Waals surface area contributed by atoms with Gasteiger partial charge in [-0.15, -0.1) is 0 Å². The molecule has 4 aliphatic carbocycles. The second-order valence-electron chi connectivity index (χ2n) is 16.8. The Kier molecular flexibility index (Phi) is 8.58. The molecule has 50 heavy (non-hydrogen) atoms. The van der Waals surface area contributed by atoms with Crippen LogP contribution in [0.15, 0.2) is 97.1 Å². The van der Waals surface area contributed by atoms with Crippen molar-refractivity contribution >= 4 is 27.8 Å². The monoisotopic (exact) mass is 657 g/mol. The van der Waals surface area contributed by atoms with E-state index >= 15 is 0 Å². The first-order valence-corrected chi connectivity index (χ1v) is 20.3. The minimum Gasteiger partial charge on any atom is -0.310 e. The van der Waals surface area contributed by atoms with Gasteiger partial charge in [0.05, 0.1) is 5.69 Å². The lowest BCUT2D eigenvalue weighted by Gasteiger charge is -2.34. The van der Waals surface area contributed by atoms with Crippen molar-refractivity contribution in [2.24, 2.45) is 0 Å². The van der Waals surface area contributed by atoms with E-state index in [1.807, 2.05) is 0 Å². The molecule has 0 radical (unpaired) electrons. The molecule has 1 nitrogen and oxygen atoms in total. The van der Waals surface area contributed by atoms with Crippen molar-refractivity contribution in [2.75, 3.05) is 4.90 Å². The fraction of sp³-hybridized carbons (Fsp3) is 0.429. The van der Waals surface area contributed by atoms with Crippen LogP contribution >= 0.6 is 0 Å². The molecule has 3 saturated carbocycles. The number of rotatable bonds is 6. The predicted octanol–water partition coefficient (Wildman–Crippen LogP) is 14.8. The van der Waals surface area contributed by atoms with Gasteiger partial charge in [0.2, 0.25) is 0 Å². The van der Waals surface area contributed by atoms with E-state index in [0.717, 1.165) is 5.92 Å². The number of anilines is 3. The fourth-order valence-corrected chi connectivity index (χ4v) is 10.6. The first-order chi connectivity index (χ1) is 24.6. The molecule has 0 aromatic heterocycles. The number of hydrogen-bond acceptors (Lipinski definition) is 1. The molecule has 3 fully saturated rings. The fourth-order valence-electron chi connectivity index (χ4n) is 10.6. The Morgan fingerprint density at radius 1 is 0.480 bits per heavy atom. The summed E-state index contributed by atoms with van der Waals surface area (Å²) < 4.78 is 0. The van der Waals surface area contributed by atoms with E-state index in [9.17, 15) is 0 Å². The number of hydrogen-bond donors (Lipinski definition) is 0. The summed E-state index contributed by atoms with van der Waals surface area (Å²) in [4.78, 5) is 2.66. The van der Waals surface area contributed by atoms with Crippen LogP contribution in [0.1, 0.15) is 156 Å². The molecule has 0 amide bonds. The molecule has 0 atom stereocenters. The van der Waals surface area contributed by atoms with Crippen molar-refractivity contribution < 1.29 is 0 Å². The molecular formula is C49H55N. The lowest BCUT2D eigenvalue weighted by atomic mass is 9.78. The third-order valence-corrected chi connectivity index (χ3v) is 13.4. The van der Waals surface area contributed by atoms with Crippen LogP contribution in [0.3, 0.4) is 0 Å². The molecule has 0 saturated heterocycles. The Bertz CT molecular complexity index is 1980. The molecule has 0 bridgehead atoms. The Balaban J connectivity index is 1.20. The van der Waals surface area contributed by atoms with Gasteiger partial charge in [-0.05, 0) is 125 Å². The summed E-state index contributed by atoms with van der Waals surface area (Å²) in [7, 11) is 0. The molecule has 0 N–H and O–H groups in total. The summed E-state index contributed by atoms with van der Waals surface area (Å²) in [6.45, 7) is 4.95. The van der Waals surface area contributed by atoms with Crippen LogP contribution in [0.4, 0.5) is 17.1 Å². The normalized spacial score (nSPS) is 19.7. The standard InChI is InChI=1S/C49H55N/c1-49(2)46-32-39(35-16-8-4-9-17-35)25-30-44(46)45-31-28-41(33-47(45)49)50(40-26-22-36(23-27-40)34-14-6-3-7-15-34)48-42-21-13-12-20-38(42)24-29-43(48)37-18-10-5-11-19-37/h12-13,20-35,37H,3-11,14-19H2,1-2H3. The molecule has 0 spiro atoms. The second kappa shape index (κ2) is 13.4. The minimum absolute atomic E-state index is 0.0488. The Morgan fingerprint density at radius 2 is 1.02 bits per heavy atom. The summed E-state index contributed by atoms with van der Waals surface area (Å²) in [6.07, 6.45) is 20.3. The average Bonchev–Trinajstić information content (AvgIpc) is 3.41. The number of benzene rings is 5. The second-order valence-corrected chi connectivity index (χ2v) is 16.8. The largest absolute Gasteiger partial charge is 0.310 e. The van der Waals surface area contributed by atoms with Crippen LogP contribution in [0.5, 0.6) is 0 Å². The quantitative estimate of drug-likeness (QED) is 0.176. The molecule has 5 aromatic rings. The van der Waals surface area contributed by atoms with E-state index in [4.69, 9.17) is 0 Å². The lowest BCUT2D eigenvalue weighted by Crippen LogP contribution is -2.18. The summed E-state index contributed by atoms with van der Waals surface area (Å²) in [5, 5.41) is 2.70. The molecular weight excluding hydrogens is 603 g/mol. The van der Waals surface area contributed by atoms with Crippen molar-refractivity contribution in [3.05, 3.63) is 125 Å². The number of nitrogens with zero attached hydrogens (tertiary/aromatic N) is 1. The van der Waals surface area contributed by atoms with Crippen molar-refractivity contribution in [3.63, 3.8) is 0 Å². The topological polar surface area (TPSA) is 3.24 Å². The van der Waals surface area contributed by atoms with Crippen molar-refractivity contribution in [2.45, 2.75) is 133 Å². The summed E-state index contributed by atoms with van der Waals surface area (Å²) in [5.74, 6) is 2.03. The molecule has 0 aliphatic heterocycles. The van der Waals surface area contributed by atoms with Gasteiger partial charge in [0.15, 0.2) is 0 Å². The molecule has 5 aromatic carbocycles. The molecule has 1 heteroatoms. The van der Waals surface area contributed by atoms with Gasteiger partial charge in [-0.3, -0.25) is 0 Å². The van der Waals surface area contributed by atoms with Crippen LogP contribution in [-0.4, -0.2) is 0 Å². The van der Waals surface area contributed by atoms with Crippen LogP contribution in [0, 0.1) is 0 Å². The summed E-state index contributed by atoms with van der Waals surface area (Å²) in [6, 6.07) is 38.8. The van der Waals surface area contributed by atoms with Crippen LogP contribution in [0.2, 0.25) is 0 Å². The van der Waals surface area contributed by atoms with E-state index in [0.29, 0.717) is 11.8 Å². The average molecular weight is 658 g/mol. The van der Waals surface area contributed by atoms with Gasteiger partial charge in [-0.1, -0.05) is 144 Å². The highest BCUT2D eigenvalue weighted by molar-refractivity contribution is 6.01. The van der Waals surface area contributed by atoms with Crippen LogP contribution < -0.4 is 4.90 Å². The maximum Gasteiger partial charge on any atom is 0.0574 e. The van der Waals surface area contributed by atoms with E-state index in [1.165, 1.54) is 158 Å². The van der Waals surface area contributed by atoms with Gasteiger partial charge in [0.25, 0.3) is 0 Å². The van der Waals surface area contributed by atoms with Gasteiger partial charge in [-0.2, -0.15) is 0 Å². The molecule has 256 valence electrons. The Morgan fingerprint density at radius 3 is 1.70 bits per heavy atom. The van der Waals surface area contributed by atoms with E-state index in [1.54, 1.807) is 5.56 Å². The van der Waals surface area contributed by atoms with Gasteiger partial charge < -0.3 is 4.90 Å². The van der Waals surface area contributed by atoms with E-state index in [-0.39, 0.29) is 5.41 Å². The summed E-state index contributed by atoms with van der Waals surface area (Å²) in [5.41, 5.74) is 14.4. The van der Waals surface area contributed by atoms with E-state index in [2.05, 4.69) is 116 Å². The van der Waals surface area contributed by atoms with Gasteiger partial charge in [0.1, 0.15) is 0 Å². The summed E-state index contributed by atoms with van der Waals surface area (Å²) >= 11 is 0. The zero-order valence-electron chi connectivity index (χ0n) is 30.5. The van der Waals surface area contributed by atoms with Crippen molar-refractivity contribution in [1.29, 1.82) is 0 Å². The highest BCUT2D eigenvalue weighted by Gasteiger charge is 2.37. The maximum atomic E-state index is 2.66. The maximum absolute atomic E-state index is 2.66. The van der Waals surface area contributed by atoms with Gasteiger partial charge in [-0.25, -0.2) is 0 Å². The first-order valence-electron chi connectivity index (χ1n) is 20.3. The smallest absolute Gasteiger partial charge is 0.0574 e. The Hall–Kier alpha value is -3.84. The molecule has 0 heterocycles. The predicted molar refractivity (Wildman–Crippen MR) is 214 cm³/mol. The van der Waals surface area contributed by atoms with Crippen molar-refractivity contribution in [1.82, 2.24) is 0 Å². The highest BCUT2D eigenvalue weighted by Crippen LogP contribution is 2.53. The zero-order chi connectivity index (χ0) is 33.7.